The number of benzene rings is 1. The third kappa shape index (κ3) is 4.96. The SMILES string of the molecule is CC(=O)Nc1ccc(NC(=O)NCCCn2nc3n(c2=O)CCCC3)cc1. The second-order valence-corrected chi connectivity index (χ2v) is 6.52. The Balaban J connectivity index is 1.41. The lowest BCUT2D eigenvalue weighted by atomic mass is 10.2. The Morgan fingerprint density at radius 1 is 1.11 bits per heavy atom. The van der Waals surface area contributed by atoms with E-state index in [0.29, 0.717) is 30.9 Å². The van der Waals surface area contributed by atoms with Crippen LogP contribution in [-0.2, 0) is 24.3 Å². The summed E-state index contributed by atoms with van der Waals surface area (Å²) >= 11 is 0. The van der Waals surface area contributed by atoms with Crippen molar-refractivity contribution in [3.8, 4) is 0 Å². The maximum absolute atomic E-state index is 12.2. The fourth-order valence-electron chi connectivity index (χ4n) is 3.04. The van der Waals surface area contributed by atoms with Crippen molar-refractivity contribution in [3.63, 3.8) is 0 Å². The van der Waals surface area contributed by atoms with Gasteiger partial charge in [0.2, 0.25) is 5.91 Å². The van der Waals surface area contributed by atoms with E-state index in [2.05, 4.69) is 21.0 Å². The molecule has 0 atom stereocenters. The van der Waals surface area contributed by atoms with E-state index in [-0.39, 0.29) is 17.6 Å². The van der Waals surface area contributed by atoms with Gasteiger partial charge in [-0.2, -0.15) is 5.10 Å². The average Bonchev–Trinajstić information content (AvgIpc) is 2.96. The molecule has 1 aromatic heterocycles. The van der Waals surface area contributed by atoms with Crippen LogP contribution in [0.15, 0.2) is 29.1 Å². The van der Waals surface area contributed by atoms with E-state index < -0.39 is 0 Å². The van der Waals surface area contributed by atoms with Gasteiger partial charge in [-0.15, -0.1) is 0 Å². The molecule has 0 radical (unpaired) electrons. The zero-order valence-corrected chi connectivity index (χ0v) is 15.3. The van der Waals surface area contributed by atoms with Gasteiger partial charge in [-0.1, -0.05) is 0 Å². The molecule has 144 valence electrons. The minimum absolute atomic E-state index is 0.0617. The smallest absolute Gasteiger partial charge is 0.338 e. The van der Waals surface area contributed by atoms with Crippen LogP contribution in [0.25, 0.3) is 0 Å². The standard InChI is InChI=1S/C18H24N6O3/c1-13(25)20-14-6-8-15(9-7-14)21-17(26)19-10-4-12-24-18(27)23-11-3-2-5-16(23)22-24/h6-9H,2-5,10-12H2,1H3,(H,20,25)(H2,19,21,26). The maximum Gasteiger partial charge on any atom is 0.345 e. The zero-order valence-electron chi connectivity index (χ0n) is 15.3. The summed E-state index contributed by atoms with van der Waals surface area (Å²) < 4.78 is 3.23. The van der Waals surface area contributed by atoms with Gasteiger partial charge in [0, 0.05) is 44.4 Å². The molecule has 0 saturated carbocycles. The lowest BCUT2D eigenvalue weighted by molar-refractivity contribution is -0.114. The number of aromatic nitrogens is 3. The Labute approximate surface area is 156 Å². The Morgan fingerprint density at radius 3 is 2.48 bits per heavy atom. The van der Waals surface area contributed by atoms with Gasteiger partial charge in [-0.25, -0.2) is 14.3 Å². The molecule has 2 aromatic rings. The fraction of sp³-hybridized carbons (Fsp3) is 0.444. The summed E-state index contributed by atoms with van der Waals surface area (Å²) in [6.45, 7) is 3.09. The van der Waals surface area contributed by atoms with Crippen molar-refractivity contribution in [1.29, 1.82) is 0 Å². The minimum Gasteiger partial charge on any atom is -0.338 e. The molecular formula is C18H24N6O3. The zero-order chi connectivity index (χ0) is 19.2. The first-order chi connectivity index (χ1) is 13.0. The molecule has 1 aliphatic rings. The Hall–Kier alpha value is -3.10. The number of hydrogen-bond donors (Lipinski definition) is 3. The molecule has 0 bridgehead atoms. The van der Waals surface area contributed by atoms with Crippen LogP contribution in [0, 0.1) is 0 Å². The highest BCUT2D eigenvalue weighted by Gasteiger charge is 2.16. The topological polar surface area (TPSA) is 110 Å². The van der Waals surface area contributed by atoms with E-state index in [4.69, 9.17) is 0 Å². The van der Waals surface area contributed by atoms with Crippen molar-refractivity contribution >= 4 is 23.3 Å². The number of hydrogen-bond acceptors (Lipinski definition) is 4. The molecule has 0 spiro atoms. The third-order valence-electron chi connectivity index (χ3n) is 4.33. The number of fused-ring (bicyclic) bond motifs is 1. The summed E-state index contributed by atoms with van der Waals surface area (Å²) in [5.41, 5.74) is 1.23. The van der Waals surface area contributed by atoms with Crippen LogP contribution in [0.3, 0.4) is 0 Å². The highest BCUT2D eigenvalue weighted by Crippen LogP contribution is 2.13. The molecule has 3 N–H and O–H groups in total. The fourth-order valence-corrected chi connectivity index (χ4v) is 3.04. The second-order valence-electron chi connectivity index (χ2n) is 6.52. The number of nitrogens with zero attached hydrogens (tertiary/aromatic N) is 3. The van der Waals surface area contributed by atoms with Gasteiger partial charge >= 0.3 is 11.7 Å². The van der Waals surface area contributed by atoms with Crippen LogP contribution in [-0.4, -0.2) is 32.8 Å². The molecule has 0 aliphatic carbocycles. The first-order valence-electron chi connectivity index (χ1n) is 9.12. The van der Waals surface area contributed by atoms with Crippen LogP contribution < -0.4 is 21.6 Å². The molecule has 0 fully saturated rings. The maximum atomic E-state index is 12.2. The van der Waals surface area contributed by atoms with Crippen LogP contribution in [0.1, 0.15) is 32.0 Å². The molecular weight excluding hydrogens is 348 g/mol. The van der Waals surface area contributed by atoms with Crippen molar-refractivity contribution in [1.82, 2.24) is 19.7 Å². The highest BCUT2D eigenvalue weighted by atomic mass is 16.2. The van der Waals surface area contributed by atoms with Gasteiger partial charge in [0.15, 0.2) is 0 Å². The van der Waals surface area contributed by atoms with E-state index in [9.17, 15) is 14.4 Å². The monoisotopic (exact) mass is 372 g/mol. The van der Waals surface area contributed by atoms with E-state index in [0.717, 1.165) is 31.6 Å². The van der Waals surface area contributed by atoms with Gasteiger partial charge in [0.25, 0.3) is 0 Å². The summed E-state index contributed by atoms with van der Waals surface area (Å²) in [7, 11) is 0. The molecule has 9 nitrogen and oxygen atoms in total. The van der Waals surface area contributed by atoms with Crippen LogP contribution in [0.5, 0.6) is 0 Å². The second kappa shape index (κ2) is 8.52. The molecule has 0 saturated heterocycles. The number of carbonyl (C=O) groups excluding carboxylic acids is 2. The van der Waals surface area contributed by atoms with Gasteiger partial charge in [-0.05, 0) is 43.5 Å². The Morgan fingerprint density at radius 2 is 1.81 bits per heavy atom. The van der Waals surface area contributed by atoms with Crippen LogP contribution in [0.4, 0.5) is 16.2 Å². The normalized spacial score (nSPS) is 12.9. The number of nitrogens with one attached hydrogen (secondary N) is 3. The number of carbonyl (C=O) groups is 2. The summed E-state index contributed by atoms with van der Waals surface area (Å²) in [5, 5.41) is 12.5. The summed E-state index contributed by atoms with van der Waals surface area (Å²) in [6, 6.07) is 6.52. The Kier molecular flexibility index (Phi) is 5.90. The third-order valence-corrected chi connectivity index (χ3v) is 4.33. The largest absolute Gasteiger partial charge is 0.345 e. The van der Waals surface area contributed by atoms with Crippen molar-refractivity contribution in [2.75, 3.05) is 17.2 Å². The van der Waals surface area contributed by atoms with Crippen molar-refractivity contribution in [2.45, 2.75) is 45.7 Å². The first kappa shape index (κ1) is 18.7. The van der Waals surface area contributed by atoms with Crippen molar-refractivity contribution < 1.29 is 9.59 Å². The number of aryl methyl sites for hydroxylation is 2. The van der Waals surface area contributed by atoms with E-state index >= 15 is 0 Å². The van der Waals surface area contributed by atoms with E-state index in [1.165, 1.54) is 11.6 Å². The van der Waals surface area contributed by atoms with Gasteiger partial charge < -0.3 is 16.0 Å². The molecule has 0 unspecified atom stereocenters. The predicted molar refractivity (Wildman–Crippen MR) is 102 cm³/mol. The van der Waals surface area contributed by atoms with Crippen molar-refractivity contribution in [2.24, 2.45) is 0 Å². The first-order valence-corrected chi connectivity index (χ1v) is 9.12. The molecule has 3 amide bonds. The predicted octanol–water partition coefficient (Wildman–Crippen LogP) is 1.55. The van der Waals surface area contributed by atoms with Gasteiger partial charge in [0.1, 0.15) is 5.82 Å². The number of rotatable bonds is 6. The van der Waals surface area contributed by atoms with Crippen LogP contribution in [0.2, 0.25) is 0 Å². The molecule has 1 aromatic carbocycles. The summed E-state index contributed by atoms with van der Waals surface area (Å²) in [6.07, 6.45) is 3.56. The number of amides is 3. The van der Waals surface area contributed by atoms with Crippen molar-refractivity contribution in [3.05, 3.63) is 40.6 Å². The van der Waals surface area contributed by atoms with Gasteiger partial charge in [0.05, 0.1) is 0 Å². The average molecular weight is 372 g/mol. The summed E-state index contributed by atoms with van der Waals surface area (Å²) in [4.78, 5) is 35.1. The molecule has 27 heavy (non-hydrogen) atoms. The van der Waals surface area contributed by atoms with E-state index in [1.54, 1.807) is 28.8 Å². The number of anilines is 2. The molecule has 1 aliphatic heterocycles. The quantitative estimate of drug-likeness (QED) is 0.668. The number of urea groups is 1. The molecule has 9 heteroatoms. The lowest BCUT2D eigenvalue weighted by Gasteiger charge is -2.09. The minimum atomic E-state index is -0.321. The van der Waals surface area contributed by atoms with Crippen LogP contribution >= 0.6 is 0 Å². The summed E-state index contributed by atoms with van der Waals surface area (Å²) in [5.74, 6) is 0.714. The highest BCUT2D eigenvalue weighted by molar-refractivity contribution is 5.91. The van der Waals surface area contributed by atoms with Gasteiger partial charge in [-0.3, -0.25) is 9.36 Å². The lowest BCUT2D eigenvalue weighted by Crippen LogP contribution is -2.31. The molecule has 2 heterocycles. The van der Waals surface area contributed by atoms with E-state index in [1.807, 2.05) is 0 Å². The molecule has 3 rings (SSSR count). The Bertz CT molecular complexity index is 868.